The quantitative estimate of drug-likeness (QED) is 0.688. The molecule has 108 valence electrons. The summed E-state index contributed by atoms with van der Waals surface area (Å²) in [5.74, 6) is -0.495. The third-order valence-electron chi connectivity index (χ3n) is 3.03. The third kappa shape index (κ3) is 3.14. The first-order valence-corrected chi connectivity index (χ1v) is 6.11. The van der Waals surface area contributed by atoms with Crippen LogP contribution >= 0.6 is 0 Å². The molecule has 0 aliphatic carbocycles. The number of rotatable bonds is 3. The number of nitro benzene ring substituents is 1. The molecular formula is C14H13N3O4. The van der Waals surface area contributed by atoms with Gasteiger partial charge in [0.1, 0.15) is 0 Å². The van der Waals surface area contributed by atoms with Crippen molar-refractivity contribution in [1.82, 2.24) is 4.57 Å². The fraction of sp³-hybridized carbons (Fsp3) is 0.143. The minimum Gasteiger partial charge on any atom is -0.322 e. The predicted octanol–water partition coefficient (Wildman–Crippen LogP) is 1.85. The van der Waals surface area contributed by atoms with Crippen LogP contribution in [0.1, 0.15) is 15.9 Å². The molecule has 7 heteroatoms. The lowest BCUT2D eigenvalue weighted by Gasteiger charge is -2.06. The van der Waals surface area contributed by atoms with Crippen LogP contribution in [0.25, 0.3) is 0 Å². The van der Waals surface area contributed by atoms with Crippen molar-refractivity contribution in [3.05, 3.63) is 68.1 Å². The van der Waals surface area contributed by atoms with Gasteiger partial charge >= 0.3 is 0 Å². The van der Waals surface area contributed by atoms with Gasteiger partial charge in [-0.2, -0.15) is 0 Å². The zero-order valence-electron chi connectivity index (χ0n) is 11.5. The first kappa shape index (κ1) is 14.4. The molecule has 0 spiro atoms. The summed E-state index contributed by atoms with van der Waals surface area (Å²) in [4.78, 5) is 33.8. The molecule has 21 heavy (non-hydrogen) atoms. The van der Waals surface area contributed by atoms with Crippen molar-refractivity contribution in [3.8, 4) is 0 Å². The highest BCUT2D eigenvalue weighted by molar-refractivity contribution is 6.04. The summed E-state index contributed by atoms with van der Waals surface area (Å²) in [5.41, 5.74) is 0.625. The number of benzene rings is 1. The van der Waals surface area contributed by atoms with E-state index in [-0.39, 0.29) is 16.8 Å². The van der Waals surface area contributed by atoms with E-state index in [1.165, 1.54) is 29.0 Å². The molecule has 1 heterocycles. The summed E-state index contributed by atoms with van der Waals surface area (Å²) in [6, 6.07) is 7.12. The maximum Gasteiger partial charge on any atom is 0.274 e. The van der Waals surface area contributed by atoms with Crippen LogP contribution in [-0.4, -0.2) is 15.4 Å². The van der Waals surface area contributed by atoms with Crippen LogP contribution < -0.4 is 10.9 Å². The molecule has 0 bridgehead atoms. The van der Waals surface area contributed by atoms with E-state index in [0.29, 0.717) is 11.3 Å². The van der Waals surface area contributed by atoms with Crippen molar-refractivity contribution in [2.75, 3.05) is 5.32 Å². The lowest BCUT2D eigenvalue weighted by molar-refractivity contribution is -0.385. The third-order valence-corrected chi connectivity index (χ3v) is 3.03. The van der Waals surface area contributed by atoms with Gasteiger partial charge in [-0.1, -0.05) is 6.07 Å². The normalized spacial score (nSPS) is 10.2. The zero-order chi connectivity index (χ0) is 15.6. The number of nitro groups is 1. The molecule has 0 saturated heterocycles. The fourth-order valence-corrected chi connectivity index (χ4v) is 1.78. The number of amides is 1. The van der Waals surface area contributed by atoms with E-state index in [1.807, 2.05) is 0 Å². The number of pyridine rings is 1. The van der Waals surface area contributed by atoms with Gasteiger partial charge in [-0.25, -0.2) is 0 Å². The van der Waals surface area contributed by atoms with E-state index < -0.39 is 10.8 Å². The molecule has 2 aromatic rings. The van der Waals surface area contributed by atoms with Crippen LogP contribution in [0.2, 0.25) is 0 Å². The van der Waals surface area contributed by atoms with Crippen molar-refractivity contribution < 1.29 is 9.72 Å². The fourth-order valence-electron chi connectivity index (χ4n) is 1.78. The van der Waals surface area contributed by atoms with Crippen molar-refractivity contribution in [3.63, 3.8) is 0 Å². The first-order valence-electron chi connectivity index (χ1n) is 6.11. The molecule has 0 aliphatic rings. The molecule has 0 unspecified atom stereocenters. The van der Waals surface area contributed by atoms with E-state index in [9.17, 15) is 19.7 Å². The lowest BCUT2D eigenvalue weighted by atomic mass is 10.1. The number of hydrogen-bond donors (Lipinski definition) is 1. The van der Waals surface area contributed by atoms with Crippen molar-refractivity contribution in [2.45, 2.75) is 6.92 Å². The Balaban J connectivity index is 2.27. The predicted molar refractivity (Wildman–Crippen MR) is 77.5 cm³/mol. The van der Waals surface area contributed by atoms with Gasteiger partial charge in [-0.05, 0) is 19.1 Å². The Labute approximate surface area is 120 Å². The molecule has 0 atom stereocenters. The number of anilines is 1. The summed E-state index contributed by atoms with van der Waals surface area (Å²) >= 11 is 0. The van der Waals surface area contributed by atoms with Gasteiger partial charge in [-0.15, -0.1) is 0 Å². The average molecular weight is 287 g/mol. The Hall–Kier alpha value is -2.96. The highest BCUT2D eigenvalue weighted by Gasteiger charge is 2.13. The summed E-state index contributed by atoms with van der Waals surface area (Å²) < 4.78 is 1.34. The van der Waals surface area contributed by atoms with Gasteiger partial charge in [-0.3, -0.25) is 19.7 Å². The van der Waals surface area contributed by atoms with E-state index >= 15 is 0 Å². The highest BCUT2D eigenvalue weighted by atomic mass is 16.6. The summed E-state index contributed by atoms with van der Waals surface area (Å²) in [6.45, 7) is 1.62. The highest BCUT2D eigenvalue weighted by Crippen LogP contribution is 2.22. The molecule has 1 aromatic heterocycles. The maximum absolute atomic E-state index is 12.0. The maximum atomic E-state index is 12.0. The van der Waals surface area contributed by atoms with E-state index in [4.69, 9.17) is 0 Å². The topological polar surface area (TPSA) is 94.2 Å². The van der Waals surface area contributed by atoms with Gasteiger partial charge in [0.2, 0.25) is 0 Å². The largest absolute Gasteiger partial charge is 0.322 e. The van der Waals surface area contributed by atoms with Gasteiger partial charge in [0.25, 0.3) is 17.2 Å². The lowest BCUT2D eigenvalue weighted by Crippen LogP contribution is -2.20. The molecule has 0 fully saturated rings. The van der Waals surface area contributed by atoms with E-state index in [0.717, 1.165) is 0 Å². The zero-order valence-corrected chi connectivity index (χ0v) is 11.5. The summed E-state index contributed by atoms with van der Waals surface area (Å²) in [6.07, 6.45) is 1.48. The standard InChI is InChI=1S/C14H13N3O4/c1-9-3-4-11(8-12(9)17(20)21)15-14(19)10-5-6-16(2)13(18)7-10/h3-8H,1-2H3,(H,15,19). The van der Waals surface area contributed by atoms with Crippen LogP contribution in [0, 0.1) is 17.0 Å². The Bertz CT molecular complexity index is 780. The molecule has 1 N–H and O–H groups in total. The number of carbonyl (C=O) groups excluding carboxylic acids is 1. The molecule has 0 radical (unpaired) electrons. The van der Waals surface area contributed by atoms with Crippen molar-refractivity contribution in [1.29, 1.82) is 0 Å². The van der Waals surface area contributed by atoms with Crippen LogP contribution in [0.15, 0.2) is 41.3 Å². The van der Waals surface area contributed by atoms with E-state index in [2.05, 4.69) is 5.32 Å². The van der Waals surface area contributed by atoms with Gasteiger partial charge < -0.3 is 9.88 Å². The molecule has 2 rings (SSSR count). The van der Waals surface area contributed by atoms with Gasteiger partial charge in [0, 0.05) is 42.2 Å². The van der Waals surface area contributed by atoms with Crippen LogP contribution in [0.3, 0.4) is 0 Å². The number of hydrogen-bond acceptors (Lipinski definition) is 4. The molecule has 0 saturated carbocycles. The number of nitrogens with one attached hydrogen (secondary N) is 1. The second-order valence-corrected chi connectivity index (χ2v) is 4.58. The van der Waals surface area contributed by atoms with E-state index in [1.54, 1.807) is 26.1 Å². The van der Waals surface area contributed by atoms with Crippen LogP contribution in [-0.2, 0) is 7.05 Å². The Morgan fingerprint density at radius 1 is 1.29 bits per heavy atom. The average Bonchev–Trinajstić information content (AvgIpc) is 2.43. The molecule has 1 aromatic carbocycles. The van der Waals surface area contributed by atoms with Gasteiger partial charge in [0.05, 0.1) is 4.92 Å². The second-order valence-electron chi connectivity index (χ2n) is 4.58. The Kier molecular flexibility index (Phi) is 3.84. The minimum atomic E-state index is -0.511. The van der Waals surface area contributed by atoms with Crippen LogP contribution in [0.4, 0.5) is 11.4 Å². The van der Waals surface area contributed by atoms with Crippen molar-refractivity contribution in [2.24, 2.45) is 7.05 Å². The smallest absolute Gasteiger partial charge is 0.274 e. The van der Waals surface area contributed by atoms with Crippen molar-refractivity contribution >= 4 is 17.3 Å². The molecule has 7 nitrogen and oxygen atoms in total. The van der Waals surface area contributed by atoms with Gasteiger partial charge in [0.15, 0.2) is 0 Å². The number of carbonyl (C=O) groups is 1. The number of aromatic nitrogens is 1. The molecular weight excluding hydrogens is 274 g/mol. The monoisotopic (exact) mass is 287 g/mol. The summed E-state index contributed by atoms with van der Waals surface area (Å²) in [7, 11) is 1.58. The number of aryl methyl sites for hydroxylation is 2. The SMILES string of the molecule is Cc1ccc(NC(=O)c2ccn(C)c(=O)c2)cc1[N+](=O)[O-]. The van der Waals surface area contributed by atoms with Crippen LogP contribution in [0.5, 0.6) is 0 Å². The molecule has 1 amide bonds. The number of nitrogens with zero attached hydrogens (tertiary/aromatic N) is 2. The second kappa shape index (κ2) is 5.58. The molecule has 0 aliphatic heterocycles. The Morgan fingerprint density at radius 2 is 2.00 bits per heavy atom. The Morgan fingerprint density at radius 3 is 2.62 bits per heavy atom. The minimum absolute atomic E-state index is 0.0724. The summed E-state index contributed by atoms with van der Waals surface area (Å²) in [5, 5.41) is 13.4. The first-order chi connectivity index (χ1) is 9.88.